The molecule has 0 saturated heterocycles. The smallest absolute Gasteiger partial charge is 0.220 e. The number of amides is 2. The molecule has 4 heteroatoms. The number of unbranched alkanes of at least 4 members (excludes halogenated alkanes) is 12. The molecule has 0 heterocycles. The van der Waals surface area contributed by atoms with Gasteiger partial charge in [0.2, 0.25) is 11.8 Å². The number of nitrogens with two attached hydrogens (primary N) is 2. The van der Waals surface area contributed by atoms with E-state index in [1.54, 1.807) is 0 Å². The zero-order valence-corrected chi connectivity index (χ0v) is 18.4. The van der Waals surface area contributed by atoms with E-state index in [-0.39, 0.29) is 17.7 Å². The maximum absolute atomic E-state index is 11.5. The molecule has 0 bridgehead atoms. The molecule has 0 aromatic heterocycles. The second-order valence-corrected chi connectivity index (χ2v) is 8.18. The summed E-state index contributed by atoms with van der Waals surface area (Å²) in [6, 6.07) is 0. The summed E-state index contributed by atoms with van der Waals surface area (Å²) in [6.45, 7) is 2.26. The minimum absolute atomic E-state index is 0.101. The number of hydrogen-bond donors (Lipinski definition) is 2. The molecule has 0 aromatic rings. The molecular weight excluding hydrogens is 348 g/mol. The van der Waals surface area contributed by atoms with Crippen molar-refractivity contribution < 1.29 is 9.59 Å². The van der Waals surface area contributed by atoms with Gasteiger partial charge >= 0.3 is 0 Å². The predicted molar refractivity (Wildman–Crippen MR) is 120 cm³/mol. The summed E-state index contributed by atoms with van der Waals surface area (Å²) in [5.41, 5.74) is 10.6. The first-order chi connectivity index (χ1) is 13.6. The third kappa shape index (κ3) is 19.4. The van der Waals surface area contributed by atoms with Crippen LogP contribution in [0.15, 0.2) is 12.2 Å². The van der Waals surface area contributed by atoms with Crippen molar-refractivity contribution in [1.29, 1.82) is 0 Å². The maximum atomic E-state index is 11.5. The predicted octanol–water partition coefficient (Wildman–Crippen LogP) is 6.17. The fraction of sp³-hybridized carbons (Fsp3) is 0.833. The molecule has 4 N–H and O–H groups in total. The molecule has 0 aliphatic carbocycles. The third-order valence-electron chi connectivity index (χ3n) is 5.44. The van der Waals surface area contributed by atoms with E-state index in [0.717, 1.165) is 19.3 Å². The number of hydrogen-bond acceptors (Lipinski definition) is 2. The fourth-order valence-corrected chi connectivity index (χ4v) is 3.59. The molecule has 0 radical (unpaired) electrons. The van der Waals surface area contributed by atoms with Crippen LogP contribution in [0.3, 0.4) is 0 Å². The van der Waals surface area contributed by atoms with Crippen molar-refractivity contribution in [2.24, 2.45) is 17.4 Å². The lowest BCUT2D eigenvalue weighted by Gasteiger charge is -2.12. The van der Waals surface area contributed by atoms with Crippen LogP contribution in [0.2, 0.25) is 0 Å². The lowest BCUT2D eigenvalue weighted by atomic mass is 9.94. The van der Waals surface area contributed by atoms with Gasteiger partial charge in [-0.3, -0.25) is 9.59 Å². The highest BCUT2D eigenvalue weighted by Gasteiger charge is 2.14. The molecule has 0 spiro atoms. The van der Waals surface area contributed by atoms with E-state index in [0.29, 0.717) is 19.3 Å². The van der Waals surface area contributed by atoms with Crippen LogP contribution in [-0.4, -0.2) is 11.8 Å². The number of carbonyl (C=O) groups is 2. The highest BCUT2D eigenvalue weighted by atomic mass is 16.1. The fourth-order valence-electron chi connectivity index (χ4n) is 3.59. The first-order valence-electron chi connectivity index (χ1n) is 11.8. The summed E-state index contributed by atoms with van der Waals surface area (Å²) >= 11 is 0. The van der Waals surface area contributed by atoms with Crippen molar-refractivity contribution in [1.82, 2.24) is 0 Å². The molecule has 0 aliphatic heterocycles. The Morgan fingerprint density at radius 3 is 1.64 bits per heavy atom. The normalized spacial score (nSPS) is 12.5. The molecule has 1 atom stereocenters. The van der Waals surface area contributed by atoms with Gasteiger partial charge < -0.3 is 11.5 Å². The number of rotatable bonds is 21. The van der Waals surface area contributed by atoms with Gasteiger partial charge in [-0.25, -0.2) is 0 Å². The van der Waals surface area contributed by atoms with E-state index in [1.165, 1.54) is 77.0 Å². The lowest BCUT2D eigenvalue weighted by Crippen LogP contribution is -2.23. The second kappa shape index (κ2) is 20.4. The molecular formula is C24H46N2O2. The minimum Gasteiger partial charge on any atom is -0.370 e. The van der Waals surface area contributed by atoms with Gasteiger partial charge in [-0.2, -0.15) is 0 Å². The monoisotopic (exact) mass is 394 g/mol. The molecule has 4 nitrogen and oxygen atoms in total. The molecule has 2 amide bonds. The van der Waals surface area contributed by atoms with Crippen molar-refractivity contribution in [3.63, 3.8) is 0 Å². The molecule has 0 rings (SSSR count). The SMILES string of the molecule is CCCCCCCC/C=C\CCCCCCCCC(CCCC(N)=O)C(N)=O. The van der Waals surface area contributed by atoms with E-state index in [1.807, 2.05) is 0 Å². The van der Waals surface area contributed by atoms with E-state index >= 15 is 0 Å². The van der Waals surface area contributed by atoms with Gasteiger partial charge in [0.25, 0.3) is 0 Å². The van der Waals surface area contributed by atoms with Crippen molar-refractivity contribution in [2.75, 3.05) is 0 Å². The zero-order chi connectivity index (χ0) is 20.9. The summed E-state index contributed by atoms with van der Waals surface area (Å²) in [6.07, 6.45) is 25.2. The second-order valence-electron chi connectivity index (χ2n) is 8.18. The van der Waals surface area contributed by atoms with Gasteiger partial charge in [0.05, 0.1) is 0 Å². The Balaban J connectivity index is 3.42. The molecule has 0 aliphatic rings. The van der Waals surface area contributed by atoms with E-state index < -0.39 is 0 Å². The van der Waals surface area contributed by atoms with Crippen LogP contribution in [0, 0.1) is 5.92 Å². The first kappa shape index (κ1) is 26.7. The van der Waals surface area contributed by atoms with Crippen LogP contribution in [0.1, 0.15) is 122 Å². The number of allylic oxidation sites excluding steroid dienone is 2. The quantitative estimate of drug-likeness (QED) is 0.180. The van der Waals surface area contributed by atoms with Gasteiger partial charge in [0, 0.05) is 12.3 Å². The van der Waals surface area contributed by atoms with Crippen LogP contribution >= 0.6 is 0 Å². The van der Waals surface area contributed by atoms with E-state index in [4.69, 9.17) is 11.5 Å². The zero-order valence-electron chi connectivity index (χ0n) is 18.4. The first-order valence-corrected chi connectivity index (χ1v) is 11.8. The largest absolute Gasteiger partial charge is 0.370 e. The van der Waals surface area contributed by atoms with Crippen LogP contribution in [0.25, 0.3) is 0 Å². The molecule has 164 valence electrons. The highest BCUT2D eigenvalue weighted by molar-refractivity contribution is 5.77. The van der Waals surface area contributed by atoms with E-state index in [2.05, 4.69) is 19.1 Å². The Labute approximate surface area is 173 Å². The van der Waals surface area contributed by atoms with Crippen molar-refractivity contribution in [3.8, 4) is 0 Å². The highest BCUT2D eigenvalue weighted by Crippen LogP contribution is 2.18. The van der Waals surface area contributed by atoms with Crippen molar-refractivity contribution in [2.45, 2.75) is 122 Å². The Morgan fingerprint density at radius 1 is 0.679 bits per heavy atom. The summed E-state index contributed by atoms with van der Waals surface area (Å²) in [4.78, 5) is 22.2. The minimum atomic E-state index is -0.305. The summed E-state index contributed by atoms with van der Waals surface area (Å²) in [5.74, 6) is -0.645. The van der Waals surface area contributed by atoms with Gasteiger partial charge in [0.15, 0.2) is 0 Å². The average Bonchev–Trinajstić information content (AvgIpc) is 2.65. The van der Waals surface area contributed by atoms with Crippen LogP contribution < -0.4 is 11.5 Å². The molecule has 1 unspecified atom stereocenters. The topological polar surface area (TPSA) is 86.2 Å². The van der Waals surface area contributed by atoms with Gasteiger partial charge in [0.1, 0.15) is 0 Å². The molecule has 0 aromatic carbocycles. The van der Waals surface area contributed by atoms with Crippen LogP contribution in [0.4, 0.5) is 0 Å². The molecule has 0 saturated carbocycles. The van der Waals surface area contributed by atoms with Crippen LogP contribution in [0.5, 0.6) is 0 Å². The van der Waals surface area contributed by atoms with Crippen LogP contribution in [-0.2, 0) is 9.59 Å². The summed E-state index contributed by atoms with van der Waals surface area (Å²) in [5, 5.41) is 0. The Morgan fingerprint density at radius 2 is 1.14 bits per heavy atom. The lowest BCUT2D eigenvalue weighted by molar-refractivity contribution is -0.123. The average molecular weight is 395 g/mol. The van der Waals surface area contributed by atoms with Crippen molar-refractivity contribution in [3.05, 3.63) is 12.2 Å². The van der Waals surface area contributed by atoms with Gasteiger partial charge in [-0.1, -0.05) is 83.3 Å². The summed E-state index contributed by atoms with van der Waals surface area (Å²) in [7, 11) is 0. The number of carbonyl (C=O) groups excluding carboxylic acids is 2. The molecule has 0 fully saturated rings. The standard InChI is InChI=1S/C24H46N2O2/c1-2-3-4-5-6-7-8-9-10-11-12-13-14-15-16-17-19-22(24(26)28)20-18-21-23(25)27/h9-10,22H,2-8,11-21H2,1H3,(H2,25,27)(H2,26,28)/b10-9-. The Kier molecular flexibility index (Phi) is 19.5. The maximum Gasteiger partial charge on any atom is 0.220 e. The Bertz CT molecular complexity index is 407. The van der Waals surface area contributed by atoms with Gasteiger partial charge in [-0.15, -0.1) is 0 Å². The third-order valence-corrected chi connectivity index (χ3v) is 5.44. The van der Waals surface area contributed by atoms with Gasteiger partial charge in [-0.05, 0) is 44.9 Å². The summed E-state index contributed by atoms with van der Waals surface area (Å²) < 4.78 is 0. The Hall–Kier alpha value is -1.32. The molecule has 28 heavy (non-hydrogen) atoms. The number of primary amides is 2. The van der Waals surface area contributed by atoms with E-state index in [9.17, 15) is 9.59 Å². The van der Waals surface area contributed by atoms with Crippen molar-refractivity contribution >= 4 is 11.8 Å².